The van der Waals surface area contributed by atoms with Crippen LogP contribution in [0.25, 0.3) is 0 Å². The van der Waals surface area contributed by atoms with Crippen molar-refractivity contribution >= 4 is 23.3 Å². The van der Waals surface area contributed by atoms with Gasteiger partial charge in [-0.3, -0.25) is 0 Å². The van der Waals surface area contributed by atoms with Gasteiger partial charge in [0, 0.05) is 12.6 Å². The number of hydrogen-bond acceptors (Lipinski definition) is 4. The number of hydrogen-bond donors (Lipinski definition) is 1. The number of ether oxygens (including phenoxy) is 2. The first-order valence-corrected chi connectivity index (χ1v) is 6.04. The summed E-state index contributed by atoms with van der Waals surface area (Å²) in [5.74, 6) is -1.99. The number of anilines is 1. The van der Waals surface area contributed by atoms with E-state index in [1.807, 2.05) is 0 Å². The number of esters is 1. The molecule has 1 rings (SSSR count). The van der Waals surface area contributed by atoms with E-state index in [9.17, 15) is 13.6 Å². The highest BCUT2D eigenvalue weighted by Gasteiger charge is 2.09. The summed E-state index contributed by atoms with van der Waals surface area (Å²) < 4.78 is 35.8. The molecule has 1 N–H and O–H groups in total. The van der Waals surface area contributed by atoms with Crippen LogP contribution in [0.15, 0.2) is 12.1 Å². The molecule has 0 radical (unpaired) electrons. The molecule has 0 aliphatic carbocycles. The van der Waals surface area contributed by atoms with Crippen LogP contribution in [0.3, 0.4) is 0 Å². The van der Waals surface area contributed by atoms with Crippen molar-refractivity contribution in [2.45, 2.75) is 6.92 Å². The molecular formula is C12H14ClF2NO3. The second kappa shape index (κ2) is 7.91. The monoisotopic (exact) mass is 293 g/mol. The topological polar surface area (TPSA) is 47.6 Å². The molecule has 0 heterocycles. The van der Waals surface area contributed by atoms with Crippen molar-refractivity contribution < 1.29 is 23.0 Å². The summed E-state index contributed by atoms with van der Waals surface area (Å²) >= 11 is 5.68. The second-order valence-corrected chi connectivity index (χ2v) is 3.94. The summed E-state index contributed by atoms with van der Waals surface area (Å²) in [6.07, 6.45) is 0. The molecule has 7 heteroatoms. The molecule has 0 aliphatic rings. The Morgan fingerprint density at radius 1 is 1.42 bits per heavy atom. The van der Waals surface area contributed by atoms with Crippen LogP contribution in [-0.4, -0.2) is 32.3 Å². The molecule has 0 aliphatic heterocycles. The molecular weight excluding hydrogens is 280 g/mol. The van der Waals surface area contributed by atoms with Crippen molar-refractivity contribution in [3.05, 3.63) is 28.8 Å². The van der Waals surface area contributed by atoms with E-state index in [1.54, 1.807) is 6.92 Å². The average molecular weight is 294 g/mol. The van der Waals surface area contributed by atoms with Gasteiger partial charge in [-0.1, -0.05) is 11.6 Å². The summed E-state index contributed by atoms with van der Waals surface area (Å²) in [5.41, 5.74) is 0.00259. The van der Waals surface area contributed by atoms with Crippen LogP contribution in [-0.2, 0) is 14.3 Å². The van der Waals surface area contributed by atoms with Gasteiger partial charge in [0.2, 0.25) is 0 Å². The highest BCUT2D eigenvalue weighted by Crippen LogP contribution is 2.25. The van der Waals surface area contributed by atoms with E-state index in [1.165, 1.54) is 0 Å². The SMILES string of the molecule is CCOC(=O)COCCNc1c(F)cc(F)cc1Cl. The molecule has 0 saturated carbocycles. The number of rotatable bonds is 7. The molecule has 0 spiro atoms. The Bertz CT molecular complexity index is 420. The zero-order valence-corrected chi connectivity index (χ0v) is 11.1. The summed E-state index contributed by atoms with van der Waals surface area (Å²) in [4.78, 5) is 10.9. The first-order valence-electron chi connectivity index (χ1n) is 5.66. The Kier molecular flexibility index (Phi) is 6.52. The molecule has 0 amide bonds. The molecule has 0 unspecified atom stereocenters. The van der Waals surface area contributed by atoms with Crippen LogP contribution in [0.5, 0.6) is 0 Å². The van der Waals surface area contributed by atoms with Crippen LogP contribution in [0.4, 0.5) is 14.5 Å². The van der Waals surface area contributed by atoms with Gasteiger partial charge in [0.05, 0.1) is 23.9 Å². The van der Waals surface area contributed by atoms with E-state index < -0.39 is 17.6 Å². The van der Waals surface area contributed by atoms with E-state index in [0.29, 0.717) is 0 Å². The van der Waals surface area contributed by atoms with E-state index in [0.717, 1.165) is 12.1 Å². The lowest BCUT2D eigenvalue weighted by molar-refractivity contribution is -0.148. The van der Waals surface area contributed by atoms with Gasteiger partial charge in [-0.2, -0.15) is 0 Å². The third-order valence-corrected chi connectivity index (χ3v) is 2.38. The Morgan fingerprint density at radius 3 is 2.79 bits per heavy atom. The fraction of sp³-hybridized carbons (Fsp3) is 0.417. The van der Waals surface area contributed by atoms with E-state index in [2.05, 4.69) is 10.1 Å². The Hall–Kier alpha value is -1.40. The molecule has 0 saturated heterocycles. The number of nitrogens with one attached hydrogen (secondary N) is 1. The summed E-state index contributed by atoms with van der Waals surface area (Å²) in [5, 5.41) is 2.61. The minimum Gasteiger partial charge on any atom is -0.464 e. The standard InChI is InChI=1S/C12H14ClF2NO3/c1-2-19-11(17)7-18-4-3-16-12-9(13)5-8(14)6-10(12)15/h5-6,16H,2-4,7H2,1H3. The van der Waals surface area contributed by atoms with Gasteiger partial charge in [0.1, 0.15) is 12.4 Å². The third-order valence-electron chi connectivity index (χ3n) is 2.08. The summed E-state index contributed by atoms with van der Waals surface area (Å²) in [6, 6.07) is 1.74. The van der Waals surface area contributed by atoms with Crippen molar-refractivity contribution in [2.75, 3.05) is 31.7 Å². The van der Waals surface area contributed by atoms with Gasteiger partial charge in [-0.05, 0) is 13.0 Å². The fourth-order valence-corrected chi connectivity index (χ4v) is 1.58. The van der Waals surface area contributed by atoms with Crippen LogP contribution >= 0.6 is 11.6 Å². The molecule has 19 heavy (non-hydrogen) atoms. The predicted molar refractivity (Wildman–Crippen MR) is 67.3 cm³/mol. The highest BCUT2D eigenvalue weighted by molar-refractivity contribution is 6.33. The van der Waals surface area contributed by atoms with Crippen molar-refractivity contribution in [3.63, 3.8) is 0 Å². The van der Waals surface area contributed by atoms with Crippen LogP contribution in [0.2, 0.25) is 5.02 Å². The van der Waals surface area contributed by atoms with Crippen LogP contribution in [0, 0.1) is 11.6 Å². The lowest BCUT2D eigenvalue weighted by Gasteiger charge is -2.10. The fourth-order valence-electron chi connectivity index (χ4n) is 1.32. The lowest BCUT2D eigenvalue weighted by Crippen LogP contribution is -2.17. The largest absolute Gasteiger partial charge is 0.464 e. The maximum atomic E-state index is 13.3. The maximum Gasteiger partial charge on any atom is 0.332 e. The zero-order chi connectivity index (χ0) is 14.3. The van der Waals surface area contributed by atoms with Gasteiger partial charge in [0.25, 0.3) is 0 Å². The Balaban J connectivity index is 2.32. The van der Waals surface area contributed by atoms with E-state index in [-0.39, 0.29) is 37.1 Å². The molecule has 1 aromatic carbocycles. The molecule has 0 fully saturated rings. The maximum absolute atomic E-state index is 13.3. The van der Waals surface area contributed by atoms with Crippen molar-refractivity contribution in [1.29, 1.82) is 0 Å². The second-order valence-electron chi connectivity index (χ2n) is 3.53. The molecule has 106 valence electrons. The average Bonchev–Trinajstić information content (AvgIpc) is 2.31. The quantitative estimate of drug-likeness (QED) is 0.620. The number of carbonyl (C=O) groups is 1. The zero-order valence-electron chi connectivity index (χ0n) is 10.3. The first kappa shape index (κ1) is 15.7. The third kappa shape index (κ3) is 5.40. The Labute approximate surface area is 114 Å². The van der Waals surface area contributed by atoms with Crippen molar-refractivity contribution in [2.24, 2.45) is 0 Å². The van der Waals surface area contributed by atoms with Gasteiger partial charge in [0.15, 0.2) is 5.82 Å². The van der Waals surface area contributed by atoms with E-state index >= 15 is 0 Å². The molecule has 4 nitrogen and oxygen atoms in total. The summed E-state index contributed by atoms with van der Waals surface area (Å²) in [7, 11) is 0. The predicted octanol–water partition coefficient (Wildman–Crippen LogP) is 2.61. The van der Waals surface area contributed by atoms with Crippen LogP contribution in [0.1, 0.15) is 6.92 Å². The molecule has 1 aromatic rings. The number of benzene rings is 1. The number of carbonyl (C=O) groups excluding carboxylic acids is 1. The van der Waals surface area contributed by atoms with Gasteiger partial charge < -0.3 is 14.8 Å². The van der Waals surface area contributed by atoms with Gasteiger partial charge in [-0.15, -0.1) is 0 Å². The van der Waals surface area contributed by atoms with Gasteiger partial charge in [-0.25, -0.2) is 13.6 Å². The van der Waals surface area contributed by atoms with Gasteiger partial charge >= 0.3 is 5.97 Å². The normalized spacial score (nSPS) is 10.3. The highest BCUT2D eigenvalue weighted by atomic mass is 35.5. The Morgan fingerprint density at radius 2 is 2.16 bits per heavy atom. The van der Waals surface area contributed by atoms with Crippen molar-refractivity contribution in [3.8, 4) is 0 Å². The minimum atomic E-state index is -0.782. The minimum absolute atomic E-state index is 0.00259. The lowest BCUT2D eigenvalue weighted by atomic mass is 10.3. The summed E-state index contributed by atoms with van der Waals surface area (Å²) in [6.45, 7) is 2.19. The van der Waals surface area contributed by atoms with Crippen molar-refractivity contribution in [1.82, 2.24) is 0 Å². The smallest absolute Gasteiger partial charge is 0.332 e. The molecule has 0 aromatic heterocycles. The van der Waals surface area contributed by atoms with Crippen LogP contribution < -0.4 is 5.32 Å². The first-order chi connectivity index (χ1) is 9.04. The number of halogens is 3. The van der Waals surface area contributed by atoms with E-state index in [4.69, 9.17) is 16.3 Å². The molecule has 0 bridgehead atoms. The molecule has 0 atom stereocenters.